The van der Waals surface area contributed by atoms with Crippen molar-refractivity contribution in [2.24, 2.45) is 11.7 Å². The molecule has 1 aliphatic heterocycles. The van der Waals surface area contributed by atoms with E-state index in [1.165, 1.54) is 0 Å². The molecule has 2 unspecified atom stereocenters. The van der Waals surface area contributed by atoms with Gasteiger partial charge in [0.15, 0.2) is 0 Å². The van der Waals surface area contributed by atoms with Crippen molar-refractivity contribution in [3.63, 3.8) is 0 Å². The van der Waals surface area contributed by atoms with Crippen molar-refractivity contribution in [1.29, 1.82) is 0 Å². The molecule has 122 valence electrons. The van der Waals surface area contributed by atoms with E-state index in [0.717, 1.165) is 41.7 Å². The van der Waals surface area contributed by atoms with Crippen LogP contribution in [0.2, 0.25) is 0 Å². The molecule has 1 amide bonds. The number of carbonyl (C=O) groups is 1. The van der Waals surface area contributed by atoms with E-state index in [9.17, 15) is 4.79 Å². The van der Waals surface area contributed by atoms with Gasteiger partial charge in [0.2, 0.25) is 0 Å². The van der Waals surface area contributed by atoms with Crippen molar-refractivity contribution in [2.45, 2.75) is 25.8 Å². The van der Waals surface area contributed by atoms with Gasteiger partial charge >= 0.3 is 0 Å². The molecule has 7 heteroatoms. The molecule has 0 spiro atoms. The van der Waals surface area contributed by atoms with Crippen LogP contribution in [0.4, 0.5) is 0 Å². The summed E-state index contributed by atoms with van der Waals surface area (Å²) in [6.07, 6.45) is 2.16. The van der Waals surface area contributed by atoms with E-state index in [1.54, 1.807) is 11.3 Å². The first-order chi connectivity index (χ1) is 9.65. The molecule has 1 aromatic carbocycles. The molecule has 0 radical (unpaired) electrons. The maximum Gasteiger partial charge on any atom is 0.253 e. The van der Waals surface area contributed by atoms with Crippen LogP contribution in [-0.2, 0) is 0 Å². The number of halogens is 2. The van der Waals surface area contributed by atoms with Crippen LogP contribution in [0.25, 0.3) is 10.2 Å². The van der Waals surface area contributed by atoms with Gasteiger partial charge in [-0.25, -0.2) is 4.98 Å². The lowest BCUT2D eigenvalue weighted by molar-refractivity contribution is 0.0661. The minimum absolute atomic E-state index is 0. The number of amides is 1. The van der Waals surface area contributed by atoms with E-state index in [4.69, 9.17) is 5.73 Å². The molecule has 2 heterocycles. The summed E-state index contributed by atoms with van der Waals surface area (Å²) in [6, 6.07) is 5.89. The second-order valence-electron chi connectivity index (χ2n) is 5.55. The molecule has 0 bridgehead atoms. The Hall–Kier alpha value is -0.880. The Kier molecular flexibility index (Phi) is 7.06. The minimum atomic E-state index is 0. The Labute approximate surface area is 146 Å². The van der Waals surface area contributed by atoms with Crippen LogP contribution >= 0.6 is 36.2 Å². The fraction of sp³-hybridized carbons (Fsp3) is 0.467. The largest absolute Gasteiger partial charge is 0.338 e. The fourth-order valence-electron chi connectivity index (χ4n) is 2.79. The molecule has 1 aliphatic rings. The Morgan fingerprint density at radius 2 is 2.23 bits per heavy atom. The van der Waals surface area contributed by atoms with Crippen molar-refractivity contribution in [1.82, 2.24) is 9.88 Å². The van der Waals surface area contributed by atoms with E-state index in [-0.39, 0.29) is 36.8 Å². The third-order valence-corrected chi connectivity index (χ3v) is 4.86. The number of hydrogen-bond acceptors (Lipinski definition) is 4. The highest BCUT2D eigenvalue weighted by atomic mass is 35.5. The zero-order valence-electron chi connectivity index (χ0n) is 12.4. The Balaban J connectivity index is 0.00000121. The summed E-state index contributed by atoms with van der Waals surface area (Å²) in [6.45, 7) is 3.64. The number of fused-ring (bicyclic) bond motifs is 1. The third-order valence-electron chi connectivity index (χ3n) is 4.07. The third kappa shape index (κ3) is 3.90. The lowest BCUT2D eigenvalue weighted by Gasteiger charge is -2.34. The Morgan fingerprint density at radius 1 is 1.45 bits per heavy atom. The predicted molar refractivity (Wildman–Crippen MR) is 96.4 cm³/mol. The van der Waals surface area contributed by atoms with Gasteiger partial charge < -0.3 is 10.6 Å². The number of piperidine rings is 1. The first-order valence-electron chi connectivity index (χ1n) is 7.03. The number of nitrogens with zero attached hydrogens (tertiary/aromatic N) is 2. The molecular weight excluding hydrogens is 341 g/mol. The number of aromatic nitrogens is 1. The summed E-state index contributed by atoms with van der Waals surface area (Å²) in [5.74, 6) is 0.533. The van der Waals surface area contributed by atoms with Gasteiger partial charge in [-0.3, -0.25) is 4.79 Å². The van der Waals surface area contributed by atoms with Crippen LogP contribution in [0.5, 0.6) is 0 Å². The van der Waals surface area contributed by atoms with Gasteiger partial charge in [-0.1, -0.05) is 0 Å². The topological polar surface area (TPSA) is 59.2 Å². The van der Waals surface area contributed by atoms with Gasteiger partial charge in [-0.2, -0.15) is 0 Å². The molecule has 0 saturated carbocycles. The van der Waals surface area contributed by atoms with Gasteiger partial charge in [-0.05, 0) is 43.9 Å². The SMILES string of the molecule is CC(N)C1CCCN(C(=O)c2ccc3ncsc3c2)C1.Cl.Cl. The van der Waals surface area contributed by atoms with Crippen molar-refractivity contribution in [2.75, 3.05) is 13.1 Å². The summed E-state index contributed by atoms with van der Waals surface area (Å²) in [5.41, 5.74) is 9.51. The van der Waals surface area contributed by atoms with E-state index >= 15 is 0 Å². The molecule has 2 atom stereocenters. The zero-order valence-corrected chi connectivity index (χ0v) is 14.8. The summed E-state index contributed by atoms with van der Waals surface area (Å²) in [4.78, 5) is 18.8. The van der Waals surface area contributed by atoms with Gasteiger partial charge in [0.25, 0.3) is 5.91 Å². The second kappa shape index (κ2) is 8.11. The van der Waals surface area contributed by atoms with E-state index in [0.29, 0.717) is 5.92 Å². The Morgan fingerprint density at radius 3 is 2.95 bits per heavy atom. The molecule has 22 heavy (non-hydrogen) atoms. The summed E-state index contributed by atoms with van der Waals surface area (Å²) < 4.78 is 1.07. The zero-order chi connectivity index (χ0) is 14.1. The second-order valence-corrected chi connectivity index (χ2v) is 6.43. The maximum atomic E-state index is 12.6. The Bertz CT molecular complexity index is 632. The quantitative estimate of drug-likeness (QED) is 0.891. The molecule has 0 aliphatic carbocycles. The van der Waals surface area contributed by atoms with Crippen LogP contribution < -0.4 is 5.73 Å². The van der Waals surface area contributed by atoms with Crippen molar-refractivity contribution in [3.05, 3.63) is 29.3 Å². The van der Waals surface area contributed by atoms with Crippen molar-refractivity contribution in [3.8, 4) is 0 Å². The number of likely N-dealkylation sites (tertiary alicyclic amines) is 1. The van der Waals surface area contributed by atoms with Crippen LogP contribution in [0.15, 0.2) is 23.7 Å². The summed E-state index contributed by atoms with van der Waals surface area (Å²) in [5, 5.41) is 0. The monoisotopic (exact) mass is 361 g/mol. The van der Waals surface area contributed by atoms with E-state index in [1.807, 2.05) is 35.5 Å². The van der Waals surface area contributed by atoms with Crippen LogP contribution in [0.1, 0.15) is 30.1 Å². The highest BCUT2D eigenvalue weighted by molar-refractivity contribution is 7.16. The molecule has 4 nitrogen and oxygen atoms in total. The number of rotatable bonds is 2. The van der Waals surface area contributed by atoms with E-state index < -0.39 is 0 Å². The van der Waals surface area contributed by atoms with Crippen LogP contribution in [-0.4, -0.2) is 34.9 Å². The van der Waals surface area contributed by atoms with Gasteiger partial charge in [0.05, 0.1) is 15.7 Å². The molecule has 3 rings (SSSR count). The maximum absolute atomic E-state index is 12.6. The van der Waals surface area contributed by atoms with Crippen molar-refractivity contribution < 1.29 is 4.79 Å². The number of benzene rings is 1. The molecule has 2 aromatic rings. The smallest absolute Gasteiger partial charge is 0.253 e. The van der Waals surface area contributed by atoms with Gasteiger partial charge in [0, 0.05) is 24.7 Å². The molecule has 2 N–H and O–H groups in total. The lowest BCUT2D eigenvalue weighted by Crippen LogP contribution is -2.45. The predicted octanol–water partition coefficient (Wildman–Crippen LogP) is 3.34. The number of thiazole rings is 1. The summed E-state index contributed by atoms with van der Waals surface area (Å²) in [7, 11) is 0. The first-order valence-corrected chi connectivity index (χ1v) is 7.91. The van der Waals surface area contributed by atoms with Gasteiger partial charge in [0.1, 0.15) is 0 Å². The van der Waals surface area contributed by atoms with E-state index in [2.05, 4.69) is 4.98 Å². The van der Waals surface area contributed by atoms with Crippen molar-refractivity contribution >= 4 is 52.3 Å². The average Bonchev–Trinajstić information content (AvgIpc) is 2.94. The highest BCUT2D eigenvalue weighted by Gasteiger charge is 2.26. The molecule has 1 aromatic heterocycles. The van der Waals surface area contributed by atoms with Crippen LogP contribution in [0, 0.1) is 5.92 Å². The standard InChI is InChI=1S/C15H19N3OS.2ClH/c1-10(16)12-3-2-6-18(8-12)15(19)11-4-5-13-14(7-11)20-9-17-13;;/h4-5,7,9-10,12H,2-3,6,8,16H2,1H3;2*1H. The minimum Gasteiger partial charge on any atom is -0.338 e. The number of nitrogens with two attached hydrogens (primary N) is 1. The number of hydrogen-bond donors (Lipinski definition) is 1. The van der Waals surface area contributed by atoms with Gasteiger partial charge in [-0.15, -0.1) is 36.2 Å². The highest BCUT2D eigenvalue weighted by Crippen LogP contribution is 2.23. The van der Waals surface area contributed by atoms with Crippen LogP contribution in [0.3, 0.4) is 0 Å². The molecule has 1 fully saturated rings. The summed E-state index contributed by atoms with van der Waals surface area (Å²) >= 11 is 1.57. The normalized spacial score (nSPS) is 19.2. The fourth-order valence-corrected chi connectivity index (χ4v) is 3.51. The average molecular weight is 362 g/mol. The molecule has 1 saturated heterocycles. The lowest BCUT2D eigenvalue weighted by atomic mass is 9.92. The molecular formula is C15H21Cl2N3OS. The first kappa shape index (κ1) is 19.2. The number of carbonyl (C=O) groups excluding carboxylic acids is 1.